The van der Waals surface area contributed by atoms with Gasteiger partial charge in [0.05, 0.1) is 32.5 Å². The minimum absolute atomic E-state index is 0.0898. The molecule has 3 fully saturated rings. The number of carbonyl (C=O) groups excluding carboxylic acids is 2. The highest BCUT2D eigenvalue weighted by Gasteiger charge is 2.57. The van der Waals surface area contributed by atoms with Gasteiger partial charge < -0.3 is 38.1 Å². The van der Waals surface area contributed by atoms with Crippen molar-refractivity contribution in [3.8, 4) is 5.75 Å². The van der Waals surface area contributed by atoms with Crippen molar-refractivity contribution < 1.29 is 42.7 Å². The molecule has 0 unspecified atom stereocenters. The second-order valence-electron chi connectivity index (χ2n) is 16.3. The molecular weight excluding hydrogens is 652 g/mol. The van der Waals surface area contributed by atoms with E-state index in [1.807, 2.05) is 25.7 Å². The summed E-state index contributed by atoms with van der Waals surface area (Å²) in [5.41, 5.74) is 2.64. The lowest BCUT2D eigenvalue weighted by molar-refractivity contribution is -0.160. The molecule has 1 aromatic carbocycles. The third kappa shape index (κ3) is 10.7. The molecule has 2 saturated carbocycles. The molecule has 1 amide bonds. The van der Waals surface area contributed by atoms with Gasteiger partial charge in [0.1, 0.15) is 24.8 Å². The van der Waals surface area contributed by atoms with E-state index in [1.165, 1.54) is 36.8 Å². The molecule has 6 atom stereocenters. The van der Waals surface area contributed by atoms with Crippen molar-refractivity contribution in [3.63, 3.8) is 0 Å². The zero-order valence-corrected chi connectivity index (χ0v) is 32.1. The predicted octanol–water partition coefficient (Wildman–Crippen LogP) is 5.43. The molecule has 1 saturated heterocycles. The third-order valence-corrected chi connectivity index (χ3v) is 11.7. The number of fused-ring (bicyclic) bond motifs is 5. The average Bonchev–Trinajstić information content (AvgIpc) is 3.43. The van der Waals surface area contributed by atoms with Gasteiger partial charge in [-0.2, -0.15) is 0 Å². The first-order valence-corrected chi connectivity index (χ1v) is 19.2. The van der Waals surface area contributed by atoms with Crippen LogP contribution >= 0.6 is 0 Å². The Balaban J connectivity index is 1.07. The Bertz CT molecular complexity index is 1270. The van der Waals surface area contributed by atoms with Crippen molar-refractivity contribution in [2.75, 3.05) is 87.0 Å². The van der Waals surface area contributed by atoms with Gasteiger partial charge in [-0.15, -0.1) is 0 Å². The van der Waals surface area contributed by atoms with Gasteiger partial charge in [0.2, 0.25) is 5.91 Å². The maximum absolute atomic E-state index is 13.0. The summed E-state index contributed by atoms with van der Waals surface area (Å²) in [6.45, 7) is 13.2. The summed E-state index contributed by atoms with van der Waals surface area (Å²) in [5, 5.41) is 0. The van der Waals surface area contributed by atoms with Gasteiger partial charge >= 0.3 is 5.97 Å². The minimum atomic E-state index is -0.524. The van der Waals surface area contributed by atoms with Crippen molar-refractivity contribution in [1.82, 2.24) is 9.80 Å². The van der Waals surface area contributed by atoms with Crippen LogP contribution in [-0.4, -0.2) is 120 Å². The van der Waals surface area contributed by atoms with Crippen LogP contribution < -0.4 is 4.74 Å². The second kappa shape index (κ2) is 18.7. The molecule has 0 N–H and O–H groups in total. The number of hydrogen-bond acceptors (Lipinski definition) is 10. The highest BCUT2D eigenvalue weighted by Crippen LogP contribution is 2.63. The number of unbranched alkanes of at least 4 members (excludes halogenated alkanes) is 1. The van der Waals surface area contributed by atoms with E-state index in [0.717, 1.165) is 51.1 Å². The normalized spacial score (nSPS) is 27.9. The summed E-state index contributed by atoms with van der Waals surface area (Å²) >= 11 is 0. The molecule has 51 heavy (non-hydrogen) atoms. The van der Waals surface area contributed by atoms with E-state index in [9.17, 15) is 9.59 Å². The van der Waals surface area contributed by atoms with Gasteiger partial charge in [0.15, 0.2) is 6.79 Å². The lowest BCUT2D eigenvalue weighted by Gasteiger charge is -2.53. The van der Waals surface area contributed by atoms with Crippen molar-refractivity contribution in [2.45, 2.75) is 96.7 Å². The number of amides is 1. The molecule has 1 aliphatic heterocycles. The van der Waals surface area contributed by atoms with E-state index >= 15 is 0 Å². The lowest BCUT2D eigenvalue weighted by atomic mass is 9.52. The Hall–Kier alpha value is -2.28. The highest BCUT2D eigenvalue weighted by atomic mass is 16.7. The lowest BCUT2D eigenvalue weighted by Crippen LogP contribution is -2.51. The van der Waals surface area contributed by atoms with Crippen molar-refractivity contribution >= 4 is 11.9 Å². The van der Waals surface area contributed by atoms with Crippen LogP contribution in [0.25, 0.3) is 0 Å². The summed E-state index contributed by atoms with van der Waals surface area (Å²) in [7, 11) is 3.38. The Morgan fingerprint density at radius 1 is 0.961 bits per heavy atom. The fourth-order valence-corrected chi connectivity index (χ4v) is 9.49. The molecule has 4 aliphatic rings. The van der Waals surface area contributed by atoms with Gasteiger partial charge in [-0.25, -0.2) is 4.79 Å². The van der Waals surface area contributed by atoms with Gasteiger partial charge in [0, 0.05) is 33.9 Å². The first-order valence-electron chi connectivity index (χ1n) is 19.2. The Labute approximate surface area is 305 Å². The van der Waals surface area contributed by atoms with Crippen LogP contribution in [0, 0.1) is 23.2 Å². The molecule has 0 bridgehead atoms. The van der Waals surface area contributed by atoms with Crippen LogP contribution in [0.1, 0.15) is 89.7 Å². The number of methoxy groups -OCH3 is 2. The molecule has 0 spiro atoms. The van der Waals surface area contributed by atoms with E-state index < -0.39 is 5.60 Å². The molecule has 0 radical (unpaired) electrons. The van der Waals surface area contributed by atoms with Crippen molar-refractivity contribution in [1.29, 1.82) is 0 Å². The maximum Gasteiger partial charge on any atom is 0.332 e. The first-order chi connectivity index (χ1) is 24.5. The molecule has 288 valence electrons. The topological polar surface area (TPSA) is 105 Å². The number of hydrogen-bond donors (Lipinski definition) is 0. The fraction of sp³-hybridized carbons (Fsp3) is 0.800. The first kappa shape index (κ1) is 39.9. The maximum atomic E-state index is 13.0. The number of ether oxygens (including phenoxy) is 7. The SMILES string of the molecule is COCOc1ccc2c(c1)C[C@@H](CCCCN1CCN(CCOCCOCC(=O)OC(C)(C)C)C(=O)C1)[C@@H]1[C@@H]2CC[C@]2(C)[C@@H](OCOC)CC[C@@H]12. The molecular formula is C40H64N2O9. The molecule has 5 rings (SSSR count). The number of esters is 1. The number of piperazine rings is 1. The number of rotatable bonds is 19. The van der Waals surface area contributed by atoms with Crippen LogP contribution in [0.4, 0.5) is 0 Å². The molecule has 0 aromatic heterocycles. The Morgan fingerprint density at radius 3 is 2.53 bits per heavy atom. The van der Waals surface area contributed by atoms with Gasteiger partial charge in [-0.3, -0.25) is 9.69 Å². The molecule has 1 heterocycles. The van der Waals surface area contributed by atoms with Crippen LogP contribution in [0.5, 0.6) is 5.75 Å². The van der Waals surface area contributed by atoms with E-state index in [-0.39, 0.29) is 36.8 Å². The van der Waals surface area contributed by atoms with Gasteiger partial charge in [-0.05, 0) is 125 Å². The molecule has 1 aromatic rings. The van der Waals surface area contributed by atoms with E-state index in [4.69, 9.17) is 33.2 Å². The highest BCUT2D eigenvalue weighted by molar-refractivity contribution is 5.79. The van der Waals surface area contributed by atoms with Crippen LogP contribution in [0.2, 0.25) is 0 Å². The Morgan fingerprint density at radius 2 is 1.76 bits per heavy atom. The largest absolute Gasteiger partial charge is 0.468 e. The summed E-state index contributed by atoms with van der Waals surface area (Å²) in [4.78, 5) is 28.9. The van der Waals surface area contributed by atoms with E-state index in [1.54, 1.807) is 14.2 Å². The standard InChI is InChI=1S/C40H64N2O9/c1-39(2,3)51-37(44)26-48-22-21-47-20-19-42-18-17-41(25-36(42)43)16-8-7-9-29-23-30-24-31(49-27-45-5)10-11-32(30)33-14-15-40(4)34(38(29)33)12-13-35(40)50-28-46-6/h10-11,24,29,33-35,38H,7-9,12-23,25-28H2,1-6H3/t29-,33-,34+,35+,38-,40+/m1/s1. The number of carbonyl (C=O) groups is 2. The molecule has 11 nitrogen and oxygen atoms in total. The quantitative estimate of drug-likeness (QED) is 0.105. The van der Waals surface area contributed by atoms with Gasteiger partial charge in [-0.1, -0.05) is 19.4 Å². The summed E-state index contributed by atoms with van der Waals surface area (Å²) in [6.07, 6.45) is 9.55. The van der Waals surface area contributed by atoms with E-state index in [0.29, 0.717) is 63.4 Å². The van der Waals surface area contributed by atoms with Gasteiger partial charge in [0.25, 0.3) is 0 Å². The number of nitrogens with zero attached hydrogens (tertiary/aromatic N) is 2. The third-order valence-electron chi connectivity index (χ3n) is 11.7. The minimum Gasteiger partial charge on any atom is -0.468 e. The summed E-state index contributed by atoms with van der Waals surface area (Å²) in [5.74, 6) is 3.17. The van der Waals surface area contributed by atoms with Crippen LogP contribution in [-0.2, 0) is 44.4 Å². The average molecular weight is 717 g/mol. The smallest absolute Gasteiger partial charge is 0.332 e. The van der Waals surface area contributed by atoms with Crippen LogP contribution in [0.3, 0.4) is 0 Å². The zero-order valence-electron chi connectivity index (χ0n) is 32.1. The summed E-state index contributed by atoms with van der Waals surface area (Å²) < 4.78 is 38.9. The predicted molar refractivity (Wildman–Crippen MR) is 194 cm³/mol. The second-order valence-corrected chi connectivity index (χ2v) is 16.3. The Kier molecular flexibility index (Phi) is 14.6. The number of benzene rings is 1. The molecule has 3 aliphatic carbocycles. The fourth-order valence-electron chi connectivity index (χ4n) is 9.49. The van der Waals surface area contributed by atoms with Crippen LogP contribution in [0.15, 0.2) is 18.2 Å². The van der Waals surface area contributed by atoms with Crippen molar-refractivity contribution in [2.24, 2.45) is 23.2 Å². The van der Waals surface area contributed by atoms with E-state index in [2.05, 4.69) is 30.0 Å². The van der Waals surface area contributed by atoms with Crippen molar-refractivity contribution in [3.05, 3.63) is 29.3 Å². The molecule has 11 heteroatoms. The monoisotopic (exact) mass is 716 g/mol. The summed E-state index contributed by atoms with van der Waals surface area (Å²) in [6, 6.07) is 6.72. The zero-order chi connectivity index (χ0) is 36.4.